The summed E-state index contributed by atoms with van der Waals surface area (Å²) < 4.78 is 0. The predicted octanol–water partition coefficient (Wildman–Crippen LogP) is 1.43. The number of nitrogen functional groups attached to an aromatic ring is 1. The van der Waals surface area contributed by atoms with Crippen molar-refractivity contribution >= 4 is 11.6 Å². The summed E-state index contributed by atoms with van der Waals surface area (Å²) in [5.41, 5.74) is 7.03. The Morgan fingerprint density at radius 1 is 1.28 bits per heavy atom. The van der Waals surface area contributed by atoms with E-state index in [-0.39, 0.29) is 5.91 Å². The molecule has 0 aliphatic carbocycles. The molecule has 1 aromatic rings. The number of piperidine rings is 1. The maximum atomic E-state index is 12.3. The largest absolute Gasteiger partial charge is 0.399 e. The molecule has 1 amide bonds. The molecule has 0 unspecified atom stereocenters. The van der Waals surface area contributed by atoms with Crippen LogP contribution in [0.4, 0.5) is 5.69 Å². The molecule has 98 valence electrons. The monoisotopic (exact) mass is 247 g/mol. The maximum Gasteiger partial charge on any atom is 0.253 e. The van der Waals surface area contributed by atoms with Gasteiger partial charge in [0.1, 0.15) is 0 Å². The Bertz CT molecular complexity index is 408. The Hall–Kier alpha value is -1.55. The molecule has 0 radical (unpaired) electrons. The molecule has 4 nitrogen and oxygen atoms in total. The van der Waals surface area contributed by atoms with E-state index >= 15 is 0 Å². The molecule has 1 fully saturated rings. The van der Waals surface area contributed by atoms with Crippen molar-refractivity contribution in [3.05, 3.63) is 29.8 Å². The number of rotatable bonds is 2. The lowest BCUT2D eigenvalue weighted by atomic mass is 10.0. The molecule has 0 saturated carbocycles. The minimum absolute atomic E-state index is 0.0875. The summed E-state index contributed by atoms with van der Waals surface area (Å²) in [6.07, 6.45) is 2.10. The molecule has 1 heterocycles. The molecule has 4 heteroatoms. The van der Waals surface area contributed by atoms with Gasteiger partial charge in [-0.3, -0.25) is 4.79 Å². The van der Waals surface area contributed by atoms with Crippen LogP contribution in [0.1, 0.15) is 23.2 Å². The molecule has 2 N–H and O–H groups in total. The standard InChI is InChI=1S/C14H21N3O/c1-16-9-7-13(8-10-16)17(2)14(18)11-3-5-12(15)6-4-11/h3-6,13H,7-10,15H2,1-2H3. The fraction of sp³-hybridized carbons (Fsp3) is 0.500. The van der Waals surface area contributed by atoms with Gasteiger partial charge in [-0.2, -0.15) is 0 Å². The number of carbonyl (C=O) groups is 1. The van der Waals surface area contributed by atoms with Gasteiger partial charge in [0.15, 0.2) is 0 Å². The average molecular weight is 247 g/mol. The Morgan fingerprint density at radius 2 is 1.83 bits per heavy atom. The van der Waals surface area contributed by atoms with Gasteiger partial charge < -0.3 is 15.5 Å². The van der Waals surface area contributed by atoms with Gasteiger partial charge in [0, 0.05) is 24.3 Å². The molecule has 1 aliphatic rings. The SMILES string of the molecule is CN1CCC(N(C)C(=O)c2ccc(N)cc2)CC1. The predicted molar refractivity (Wildman–Crippen MR) is 73.5 cm³/mol. The molecule has 2 rings (SSSR count). The van der Waals surface area contributed by atoms with Crippen molar-refractivity contribution < 1.29 is 4.79 Å². The van der Waals surface area contributed by atoms with Crippen molar-refractivity contribution in [2.24, 2.45) is 0 Å². The minimum Gasteiger partial charge on any atom is -0.399 e. The number of anilines is 1. The highest BCUT2D eigenvalue weighted by atomic mass is 16.2. The zero-order chi connectivity index (χ0) is 13.1. The Labute approximate surface area is 108 Å². The Kier molecular flexibility index (Phi) is 3.87. The van der Waals surface area contributed by atoms with Crippen LogP contribution in [0.3, 0.4) is 0 Å². The summed E-state index contributed by atoms with van der Waals surface area (Å²) in [5, 5.41) is 0. The van der Waals surface area contributed by atoms with Gasteiger partial charge in [0.05, 0.1) is 0 Å². The zero-order valence-electron chi connectivity index (χ0n) is 11.1. The highest BCUT2D eigenvalue weighted by Gasteiger charge is 2.24. The fourth-order valence-electron chi connectivity index (χ4n) is 2.38. The van der Waals surface area contributed by atoms with Crippen LogP contribution in [0.25, 0.3) is 0 Å². The molecular weight excluding hydrogens is 226 g/mol. The first-order valence-corrected chi connectivity index (χ1v) is 6.39. The van der Waals surface area contributed by atoms with Crippen molar-refractivity contribution in [2.75, 3.05) is 32.9 Å². The number of nitrogens with zero attached hydrogens (tertiary/aromatic N) is 2. The van der Waals surface area contributed by atoms with Crippen molar-refractivity contribution in [3.8, 4) is 0 Å². The topological polar surface area (TPSA) is 49.6 Å². The molecule has 1 aliphatic heterocycles. The number of benzene rings is 1. The molecule has 0 spiro atoms. The van der Waals surface area contributed by atoms with Crippen LogP contribution in [-0.4, -0.2) is 48.9 Å². The number of hydrogen-bond acceptors (Lipinski definition) is 3. The lowest BCUT2D eigenvalue weighted by Crippen LogP contribution is -2.44. The lowest BCUT2D eigenvalue weighted by Gasteiger charge is -2.35. The van der Waals surface area contributed by atoms with E-state index in [1.54, 1.807) is 24.3 Å². The molecule has 0 aromatic heterocycles. The normalized spacial score (nSPS) is 17.7. The number of nitrogens with two attached hydrogens (primary N) is 1. The van der Waals surface area contributed by atoms with Crippen LogP contribution < -0.4 is 5.73 Å². The summed E-state index contributed by atoms with van der Waals surface area (Å²) in [5.74, 6) is 0.0875. The molecule has 0 atom stereocenters. The van der Waals surface area contributed by atoms with E-state index in [0.717, 1.165) is 25.9 Å². The van der Waals surface area contributed by atoms with Gasteiger partial charge in [0.2, 0.25) is 0 Å². The van der Waals surface area contributed by atoms with E-state index in [2.05, 4.69) is 11.9 Å². The Morgan fingerprint density at radius 3 is 2.39 bits per heavy atom. The number of amides is 1. The van der Waals surface area contributed by atoms with Crippen LogP contribution >= 0.6 is 0 Å². The first-order chi connectivity index (χ1) is 8.58. The van der Waals surface area contributed by atoms with Gasteiger partial charge in [-0.05, 0) is 57.2 Å². The van der Waals surface area contributed by atoms with Crippen molar-refractivity contribution in [1.29, 1.82) is 0 Å². The number of likely N-dealkylation sites (tertiary alicyclic amines) is 1. The smallest absolute Gasteiger partial charge is 0.253 e. The van der Waals surface area contributed by atoms with Crippen LogP contribution in [-0.2, 0) is 0 Å². The van der Waals surface area contributed by atoms with Crippen LogP contribution in [0.5, 0.6) is 0 Å². The third kappa shape index (κ3) is 2.82. The minimum atomic E-state index is 0.0875. The van der Waals surface area contributed by atoms with Crippen LogP contribution in [0.15, 0.2) is 24.3 Å². The van der Waals surface area contributed by atoms with E-state index in [0.29, 0.717) is 17.3 Å². The average Bonchev–Trinajstić information content (AvgIpc) is 2.39. The summed E-state index contributed by atoms with van der Waals surface area (Å²) >= 11 is 0. The number of hydrogen-bond donors (Lipinski definition) is 1. The van der Waals surface area contributed by atoms with Crippen molar-refractivity contribution in [3.63, 3.8) is 0 Å². The Balaban J connectivity index is 2.02. The van der Waals surface area contributed by atoms with Crippen molar-refractivity contribution in [2.45, 2.75) is 18.9 Å². The fourth-order valence-corrected chi connectivity index (χ4v) is 2.38. The van der Waals surface area contributed by atoms with Gasteiger partial charge in [-0.25, -0.2) is 0 Å². The van der Waals surface area contributed by atoms with E-state index in [1.165, 1.54) is 0 Å². The highest BCUT2D eigenvalue weighted by Crippen LogP contribution is 2.17. The summed E-state index contributed by atoms with van der Waals surface area (Å²) in [6.45, 7) is 2.12. The van der Waals surface area contributed by atoms with Gasteiger partial charge in [0.25, 0.3) is 5.91 Å². The number of carbonyl (C=O) groups excluding carboxylic acids is 1. The second-order valence-corrected chi connectivity index (χ2v) is 5.07. The maximum absolute atomic E-state index is 12.3. The first kappa shape index (κ1) is 12.9. The van der Waals surface area contributed by atoms with E-state index < -0.39 is 0 Å². The van der Waals surface area contributed by atoms with E-state index in [4.69, 9.17) is 5.73 Å². The van der Waals surface area contributed by atoms with Crippen LogP contribution in [0, 0.1) is 0 Å². The molecule has 0 bridgehead atoms. The van der Waals surface area contributed by atoms with Gasteiger partial charge in [-0.1, -0.05) is 0 Å². The van der Waals surface area contributed by atoms with Crippen molar-refractivity contribution in [1.82, 2.24) is 9.80 Å². The quantitative estimate of drug-likeness (QED) is 0.804. The van der Waals surface area contributed by atoms with E-state index in [1.807, 2.05) is 11.9 Å². The highest BCUT2D eigenvalue weighted by molar-refractivity contribution is 5.94. The zero-order valence-corrected chi connectivity index (χ0v) is 11.1. The van der Waals surface area contributed by atoms with E-state index in [9.17, 15) is 4.79 Å². The molecule has 1 saturated heterocycles. The molecular formula is C14H21N3O. The lowest BCUT2D eigenvalue weighted by molar-refractivity contribution is 0.0659. The van der Waals surface area contributed by atoms with Gasteiger partial charge >= 0.3 is 0 Å². The summed E-state index contributed by atoms with van der Waals surface area (Å²) in [4.78, 5) is 16.5. The molecule has 1 aromatic carbocycles. The third-order valence-corrected chi connectivity index (χ3v) is 3.71. The summed E-state index contributed by atoms with van der Waals surface area (Å²) in [6, 6.07) is 7.49. The first-order valence-electron chi connectivity index (χ1n) is 6.39. The molecule has 18 heavy (non-hydrogen) atoms. The second-order valence-electron chi connectivity index (χ2n) is 5.07. The summed E-state index contributed by atoms with van der Waals surface area (Å²) in [7, 11) is 4.02. The second kappa shape index (κ2) is 5.40. The van der Waals surface area contributed by atoms with Gasteiger partial charge in [-0.15, -0.1) is 0 Å². The van der Waals surface area contributed by atoms with Crippen LogP contribution in [0.2, 0.25) is 0 Å². The third-order valence-electron chi connectivity index (χ3n) is 3.71.